The molecule has 0 unspecified atom stereocenters. The third-order valence-electron chi connectivity index (χ3n) is 3.27. The highest BCUT2D eigenvalue weighted by Gasteiger charge is 2.14. The lowest BCUT2D eigenvalue weighted by Gasteiger charge is -2.10. The molecule has 0 saturated heterocycles. The molecule has 0 amide bonds. The van der Waals surface area contributed by atoms with E-state index in [2.05, 4.69) is 26.3 Å². The second kappa shape index (κ2) is 6.72. The Morgan fingerprint density at radius 3 is 2.81 bits per heavy atom. The Hall–Kier alpha value is -1.87. The van der Waals surface area contributed by atoms with Gasteiger partial charge in [-0.1, -0.05) is 13.0 Å². The van der Waals surface area contributed by atoms with Gasteiger partial charge in [0.1, 0.15) is 17.4 Å². The summed E-state index contributed by atoms with van der Waals surface area (Å²) in [5, 5.41) is 16.7. The highest BCUT2D eigenvalue weighted by molar-refractivity contribution is 9.10. The molecule has 0 radical (unpaired) electrons. The molecule has 1 aromatic carbocycles. The lowest BCUT2D eigenvalue weighted by molar-refractivity contribution is 0.617. The van der Waals surface area contributed by atoms with Gasteiger partial charge < -0.3 is 5.32 Å². The van der Waals surface area contributed by atoms with Crippen LogP contribution in [0.15, 0.2) is 22.7 Å². The summed E-state index contributed by atoms with van der Waals surface area (Å²) in [5.41, 5.74) is 2.51. The highest BCUT2D eigenvalue weighted by Crippen LogP contribution is 2.24. The average Bonchev–Trinajstić information content (AvgIpc) is 2.80. The van der Waals surface area contributed by atoms with Gasteiger partial charge in [-0.2, -0.15) is 10.4 Å². The predicted molar refractivity (Wildman–Crippen MR) is 83.4 cm³/mol. The first kappa shape index (κ1) is 15.5. The summed E-state index contributed by atoms with van der Waals surface area (Å²) in [4.78, 5) is 0. The summed E-state index contributed by atoms with van der Waals surface area (Å²) >= 11 is 3.56. The third kappa shape index (κ3) is 3.08. The molecule has 110 valence electrons. The number of hydrogen-bond donors (Lipinski definition) is 1. The molecule has 2 aromatic rings. The molecule has 0 aliphatic carbocycles. The minimum atomic E-state index is -0.514. The van der Waals surface area contributed by atoms with Crippen molar-refractivity contribution in [2.45, 2.75) is 33.4 Å². The molecule has 1 heterocycles. The number of nitriles is 1. The fourth-order valence-electron chi connectivity index (χ4n) is 2.15. The normalized spacial score (nSPS) is 10.4. The molecule has 1 aromatic heterocycles. The Labute approximate surface area is 131 Å². The van der Waals surface area contributed by atoms with Crippen molar-refractivity contribution in [2.75, 3.05) is 5.32 Å². The van der Waals surface area contributed by atoms with Crippen LogP contribution >= 0.6 is 15.9 Å². The average molecular weight is 351 g/mol. The van der Waals surface area contributed by atoms with Crippen LogP contribution in [0.3, 0.4) is 0 Å². The Bertz CT molecular complexity index is 688. The summed E-state index contributed by atoms with van der Waals surface area (Å²) in [6.45, 7) is 5.29. The van der Waals surface area contributed by atoms with Crippen LogP contribution in [0.4, 0.5) is 10.1 Å². The summed E-state index contributed by atoms with van der Waals surface area (Å²) in [6.07, 6.45) is 0.837. The molecule has 2 rings (SSSR count). The SMILES string of the molecule is CCc1nn(CC)c(CNc2cccc(F)c2C#N)c1Br. The first-order valence-electron chi connectivity index (χ1n) is 6.78. The Morgan fingerprint density at radius 1 is 1.43 bits per heavy atom. The second-order valence-corrected chi connectivity index (χ2v) is 5.30. The molecular weight excluding hydrogens is 335 g/mol. The maximum atomic E-state index is 13.6. The van der Waals surface area contributed by atoms with Crippen LogP contribution in [-0.4, -0.2) is 9.78 Å². The molecule has 1 N–H and O–H groups in total. The van der Waals surface area contributed by atoms with Gasteiger partial charge in [-0.05, 0) is 41.4 Å². The summed E-state index contributed by atoms with van der Waals surface area (Å²) in [5.74, 6) is -0.514. The van der Waals surface area contributed by atoms with E-state index in [4.69, 9.17) is 5.26 Å². The zero-order valence-corrected chi connectivity index (χ0v) is 13.5. The van der Waals surface area contributed by atoms with Gasteiger partial charge in [0, 0.05) is 6.54 Å². The molecule has 0 aliphatic heterocycles. The minimum Gasteiger partial charge on any atom is -0.378 e. The van der Waals surface area contributed by atoms with E-state index in [1.54, 1.807) is 12.1 Å². The van der Waals surface area contributed by atoms with Crippen molar-refractivity contribution < 1.29 is 4.39 Å². The van der Waals surface area contributed by atoms with E-state index in [9.17, 15) is 4.39 Å². The van der Waals surface area contributed by atoms with Gasteiger partial charge in [0.25, 0.3) is 0 Å². The number of aryl methyl sites for hydroxylation is 2. The van der Waals surface area contributed by atoms with Crippen molar-refractivity contribution in [3.63, 3.8) is 0 Å². The number of nitrogens with one attached hydrogen (secondary N) is 1. The quantitative estimate of drug-likeness (QED) is 0.890. The fourth-order valence-corrected chi connectivity index (χ4v) is 2.85. The van der Waals surface area contributed by atoms with Gasteiger partial charge in [0.2, 0.25) is 0 Å². The third-order valence-corrected chi connectivity index (χ3v) is 4.18. The van der Waals surface area contributed by atoms with Crippen molar-refractivity contribution in [2.24, 2.45) is 0 Å². The van der Waals surface area contributed by atoms with E-state index in [1.807, 2.05) is 24.6 Å². The number of halogens is 2. The smallest absolute Gasteiger partial charge is 0.143 e. The van der Waals surface area contributed by atoms with Crippen LogP contribution in [0, 0.1) is 17.1 Å². The molecule has 0 bridgehead atoms. The van der Waals surface area contributed by atoms with E-state index in [0.717, 1.165) is 28.8 Å². The van der Waals surface area contributed by atoms with Gasteiger partial charge in [-0.3, -0.25) is 4.68 Å². The number of nitrogens with zero attached hydrogens (tertiary/aromatic N) is 3. The number of anilines is 1. The van der Waals surface area contributed by atoms with Gasteiger partial charge in [-0.15, -0.1) is 0 Å². The highest BCUT2D eigenvalue weighted by atomic mass is 79.9. The monoisotopic (exact) mass is 350 g/mol. The standard InChI is InChI=1S/C15H16BrFN4/c1-3-12-15(16)14(21(4-2)20-12)9-19-13-7-5-6-11(17)10(13)8-18/h5-7,19H,3-4,9H2,1-2H3. The topological polar surface area (TPSA) is 53.6 Å². The van der Waals surface area contributed by atoms with Crippen molar-refractivity contribution in [3.05, 3.63) is 45.4 Å². The van der Waals surface area contributed by atoms with Gasteiger partial charge in [0.15, 0.2) is 0 Å². The van der Waals surface area contributed by atoms with Gasteiger partial charge in [0.05, 0.1) is 28.1 Å². The van der Waals surface area contributed by atoms with Crippen LogP contribution in [-0.2, 0) is 19.5 Å². The first-order valence-corrected chi connectivity index (χ1v) is 7.58. The molecule has 0 atom stereocenters. The second-order valence-electron chi connectivity index (χ2n) is 4.50. The maximum Gasteiger partial charge on any atom is 0.143 e. The van der Waals surface area contributed by atoms with Crippen LogP contribution in [0.5, 0.6) is 0 Å². The van der Waals surface area contributed by atoms with Crippen LogP contribution < -0.4 is 5.32 Å². The molecule has 21 heavy (non-hydrogen) atoms. The van der Waals surface area contributed by atoms with Crippen LogP contribution in [0.2, 0.25) is 0 Å². The molecule has 4 nitrogen and oxygen atoms in total. The number of hydrogen-bond acceptors (Lipinski definition) is 3. The van der Waals surface area contributed by atoms with E-state index in [0.29, 0.717) is 12.2 Å². The largest absolute Gasteiger partial charge is 0.378 e. The molecular formula is C15H16BrFN4. The van der Waals surface area contributed by atoms with Crippen molar-refractivity contribution in [1.82, 2.24) is 9.78 Å². The predicted octanol–water partition coefficient (Wildman–Crippen LogP) is 3.85. The minimum absolute atomic E-state index is 0.0342. The molecule has 6 heteroatoms. The lowest BCUT2D eigenvalue weighted by Crippen LogP contribution is -2.09. The van der Waals surface area contributed by atoms with Gasteiger partial charge >= 0.3 is 0 Å². The zero-order chi connectivity index (χ0) is 15.4. The first-order chi connectivity index (χ1) is 10.1. The maximum absolute atomic E-state index is 13.6. The van der Waals surface area contributed by atoms with Crippen molar-refractivity contribution in [1.29, 1.82) is 5.26 Å². The summed E-state index contributed by atoms with van der Waals surface area (Å²) in [6, 6.07) is 6.45. The Kier molecular flexibility index (Phi) is 4.97. The number of aromatic nitrogens is 2. The van der Waals surface area contributed by atoms with Gasteiger partial charge in [-0.25, -0.2) is 4.39 Å². The van der Waals surface area contributed by atoms with Crippen molar-refractivity contribution >= 4 is 21.6 Å². The fraction of sp³-hybridized carbons (Fsp3) is 0.333. The molecule has 0 spiro atoms. The van der Waals surface area contributed by atoms with E-state index in [-0.39, 0.29) is 5.56 Å². The Balaban J connectivity index is 2.27. The van der Waals surface area contributed by atoms with E-state index in [1.165, 1.54) is 6.07 Å². The molecule has 0 fully saturated rings. The van der Waals surface area contributed by atoms with Crippen molar-refractivity contribution in [3.8, 4) is 6.07 Å². The van der Waals surface area contributed by atoms with E-state index >= 15 is 0 Å². The number of rotatable bonds is 5. The van der Waals surface area contributed by atoms with Crippen LogP contribution in [0.25, 0.3) is 0 Å². The van der Waals surface area contributed by atoms with E-state index < -0.39 is 5.82 Å². The Morgan fingerprint density at radius 2 is 2.19 bits per heavy atom. The molecule has 0 saturated carbocycles. The molecule has 0 aliphatic rings. The lowest BCUT2D eigenvalue weighted by atomic mass is 10.2. The zero-order valence-electron chi connectivity index (χ0n) is 12.0. The van der Waals surface area contributed by atoms with Crippen LogP contribution in [0.1, 0.15) is 30.8 Å². The summed E-state index contributed by atoms with van der Waals surface area (Å²) in [7, 11) is 0. The number of benzene rings is 1. The summed E-state index contributed by atoms with van der Waals surface area (Å²) < 4.78 is 16.4.